The molecule has 5 rings (SSSR count). The maximum absolute atomic E-state index is 13.8. The first kappa shape index (κ1) is 19.3. The highest BCUT2D eigenvalue weighted by Crippen LogP contribution is 2.62. The molecule has 0 aromatic heterocycles. The molecule has 4 aromatic rings. The number of carbonyl (C=O) groups excluding carboxylic acids is 1. The molecule has 2 nitrogen and oxygen atoms in total. The van der Waals surface area contributed by atoms with Gasteiger partial charge in [0.15, 0.2) is 5.78 Å². The predicted molar refractivity (Wildman–Crippen MR) is 123 cm³/mol. The quantitative estimate of drug-likeness (QED) is 0.326. The van der Waals surface area contributed by atoms with E-state index in [0.717, 1.165) is 28.9 Å². The van der Waals surface area contributed by atoms with Gasteiger partial charge in [-0.1, -0.05) is 91.0 Å². The minimum atomic E-state index is -0.491. The van der Waals surface area contributed by atoms with Gasteiger partial charge >= 0.3 is 0 Å². The van der Waals surface area contributed by atoms with Gasteiger partial charge in [-0.25, -0.2) is 0 Å². The van der Waals surface area contributed by atoms with E-state index in [1.807, 2.05) is 91.0 Å². The molecule has 0 bridgehead atoms. The first-order valence-electron chi connectivity index (χ1n) is 10.7. The number of ether oxygens (including phenoxy) is 1. The molecular formula is C29H24O2. The molecule has 31 heavy (non-hydrogen) atoms. The van der Waals surface area contributed by atoms with Gasteiger partial charge in [0, 0.05) is 11.5 Å². The molecule has 0 aliphatic heterocycles. The molecule has 152 valence electrons. The first-order valence-corrected chi connectivity index (χ1v) is 10.7. The van der Waals surface area contributed by atoms with Crippen molar-refractivity contribution >= 4 is 5.78 Å². The van der Waals surface area contributed by atoms with Crippen molar-refractivity contribution in [3.63, 3.8) is 0 Å². The summed E-state index contributed by atoms with van der Waals surface area (Å²) in [7, 11) is 0. The lowest BCUT2D eigenvalue weighted by molar-refractivity contribution is 0.0943. The number of carbonyl (C=O) groups is 1. The van der Waals surface area contributed by atoms with E-state index in [1.54, 1.807) is 0 Å². The largest absolute Gasteiger partial charge is 0.489 e. The van der Waals surface area contributed by atoms with Crippen molar-refractivity contribution in [1.82, 2.24) is 0 Å². The molecule has 0 amide bonds. The summed E-state index contributed by atoms with van der Waals surface area (Å²) in [5.41, 5.74) is 3.68. The Morgan fingerprint density at radius 2 is 1.32 bits per heavy atom. The molecule has 0 N–H and O–H groups in total. The molecule has 0 heterocycles. The van der Waals surface area contributed by atoms with E-state index in [-0.39, 0.29) is 11.7 Å². The Kier molecular flexibility index (Phi) is 5.13. The summed E-state index contributed by atoms with van der Waals surface area (Å²) in [5, 5.41) is 0. The number of Topliss-reactive ketones (excluding diaryl/α,β-unsaturated/α-hetero) is 1. The van der Waals surface area contributed by atoms with Crippen LogP contribution in [0, 0.1) is 0 Å². The Morgan fingerprint density at radius 3 is 1.97 bits per heavy atom. The van der Waals surface area contributed by atoms with Crippen molar-refractivity contribution < 1.29 is 9.53 Å². The van der Waals surface area contributed by atoms with Gasteiger partial charge in [-0.2, -0.15) is 0 Å². The molecule has 0 spiro atoms. The van der Waals surface area contributed by atoms with Crippen molar-refractivity contribution in [2.75, 3.05) is 0 Å². The van der Waals surface area contributed by atoms with Gasteiger partial charge < -0.3 is 4.74 Å². The third kappa shape index (κ3) is 3.77. The zero-order valence-electron chi connectivity index (χ0n) is 17.3. The molecule has 0 radical (unpaired) electrons. The van der Waals surface area contributed by atoms with Crippen molar-refractivity contribution in [2.24, 2.45) is 0 Å². The monoisotopic (exact) mass is 404 g/mol. The Hall–Kier alpha value is -3.65. The molecule has 2 heteroatoms. The summed E-state index contributed by atoms with van der Waals surface area (Å²) in [6.07, 6.45) is 0.839. The van der Waals surface area contributed by atoms with Crippen LogP contribution in [0.3, 0.4) is 0 Å². The zero-order chi connectivity index (χ0) is 21.1. The van der Waals surface area contributed by atoms with Gasteiger partial charge in [0.05, 0.1) is 5.41 Å². The molecule has 1 saturated carbocycles. The van der Waals surface area contributed by atoms with Crippen LogP contribution in [0.2, 0.25) is 0 Å². The third-order valence-corrected chi connectivity index (χ3v) is 6.22. The van der Waals surface area contributed by atoms with Crippen LogP contribution < -0.4 is 4.74 Å². The number of hydrogen-bond donors (Lipinski definition) is 0. The van der Waals surface area contributed by atoms with Gasteiger partial charge in [0.25, 0.3) is 0 Å². The maximum Gasteiger partial charge on any atom is 0.174 e. The van der Waals surface area contributed by atoms with Crippen LogP contribution in [0.5, 0.6) is 5.75 Å². The van der Waals surface area contributed by atoms with Crippen molar-refractivity contribution in [1.29, 1.82) is 0 Å². The van der Waals surface area contributed by atoms with Crippen LogP contribution in [0.25, 0.3) is 0 Å². The van der Waals surface area contributed by atoms with Crippen LogP contribution in [0.15, 0.2) is 115 Å². The molecule has 2 unspecified atom stereocenters. The van der Waals surface area contributed by atoms with E-state index in [0.29, 0.717) is 6.61 Å². The topological polar surface area (TPSA) is 26.3 Å². The number of rotatable bonds is 7. The predicted octanol–water partition coefficient (Wildman–Crippen LogP) is 6.57. The molecular weight excluding hydrogens is 380 g/mol. The second-order valence-electron chi connectivity index (χ2n) is 8.13. The zero-order valence-corrected chi connectivity index (χ0v) is 17.3. The summed E-state index contributed by atoms with van der Waals surface area (Å²) in [4.78, 5) is 13.8. The fourth-order valence-corrected chi connectivity index (χ4v) is 4.49. The first-order chi connectivity index (χ1) is 15.3. The van der Waals surface area contributed by atoms with Crippen molar-refractivity contribution in [3.05, 3.63) is 138 Å². The average Bonchev–Trinajstić information content (AvgIpc) is 3.61. The number of hydrogen-bond acceptors (Lipinski definition) is 2. The minimum absolute atomic E-state index is 0.183. The van der Waals surface area contributed by atoms with E-state index in [9.17, 15) is 4.79 Å². The van der Waals surface area contributed by atoms with E-state index in [1.165, 1.54) is 5.56 Å². The summed E-state index contributed by atoms with van der Waals surface area (Å²) in [5.74, 6) is 1.16. The molecule has 1 aliphatic rings. The third-order valence-electron chi connectivity index (χ3n) is 6.22. The molecule has 1 fully saturated rings. The fraction of sp³-hybridized carbons (Fsp3) is 0.138. The summed E-state index contributed by atoms with van der Waals surface area (Å²) < 4.78 is 5.89. The Labute approximate surface area is 183 Å². The lowest BCUT2D eigenvalue weighted by Gasteiger charge is -2.18. The number of benzene rings is 4. The van der Waals surface area contributed by atoms with Crippen LogP contribution in [-0.2, 0) is 12.0 Å². The van der Waals surface area contributed by atoms with Gasteiger partial charge in [-0.15, -0.1) is 0 Å². The van der Waals surface area contributed by atoms with Gasteiger partial charge in [0.1, 0.15) is 12.4 Å². The standard InChI is InChI=1S/C29H24O2/c30-28(24-16-18-26(19-17-24)31-21-22-10-4-1-5-11-22)29(25-14-8-3-9-15-25)20-27(29)23-12-6-2-7-13-23/h1-19,27H,20-21H2. The highest BCUT2D eigenvalue weighted by atomic mass is 16.5. The molecule has 2 atom stereocenters. The second kappa shape index (κ2) is 8.23. The van der Waals surface area contributed by atoms with Gasteiger partial charge in [0.2, 0.25) is 0 Å². The minimum Gasteiger partial charge on any atom is -0.489 e. The molecule has 4 aromatic carbocycles. The van der Waals surface area contributed by atoms with Crippen LogP contribution in [-0.4, -0.2) is 5.78 Å². The molecule has 1 aliphatic carbocycles. The number of ketones is 1. The van der Waals surface area contributed by atoms with Gasteiger partial charge in [-0.3, -0.25) is 4.79 Å². The van der Waals surface area contributed by atoms with E-state index in [2.05, 4.69) is 24.3 Å². The molecule has 0 saturated heterocycles. The lowest BCUT2D eigenvalue weighted by atomic mass is 9.84. The summed E-state index contributed by atoms with van der Waals surface area (Å²) in [6.45, 7) is 0.512. The summed E-state index contributed by atoms with van der Waals surface area (Å²) in [6, 6.07) is 38.2. The fourth-order valence-electron chi connectivity index (χ4n) is 4.49. The van der Waals surface area contributed by atoms with Crippen LogP contribution in [0.1, 0.15) is 39.4 Å². The Balaban J connectivity index is 1.39. The average molecular weight is 405 g/mol. The van der Waals surface area contributed by atoms with E-state index < -0.39 is 5.41 Å². The highest BCUT2D eigenvalue weighted by Gasteiger charge is 2.61. The second-order valence-corrected chi connectivity index (χ2v) is 8.13. The lowest BCUT2D eigenvalue weighted by Crippen LogP contribution is -2.23. The van der Waals surface area contributed by atoms with Gasteiger partial charge in [-0.05, 0) is 47.4 Å². The summed E-state index contributed by atoms with van der Waals surface area (Å²) >= 11 is 0. The smallest absolute Gasteiger partial charge is 0.174 e. The SMILES string of the molecule is O=C(c1ccc(OCc2ccccc2)cc1)C1(c2ccccc2)CC1c1ccccc1. The van der Waals surface area contributed by atoms with Crippen molar-refractivity contribution in [2.45, 2.75) is 24.4 Å². The van der Waals surface area contributed by atoms with Crippen molar-refractivity contribution in [3.8, 4) is 5.75 Å². The Bertz CT molecular complexity index is 1150. The Morgan fingerprint density at radius 1 is 0.742 bits per heavy atom. The van der Waals surface area contributed by atoms with Crippen LogP contribution in [0.4, 0.5) is 0 Å². The van der Waals surface area contributed by atoms with Crippen LogP contribution >= 0.6 is 0 Å². The maximum atomic E-state index is 13.8. The highest BCUT2D eigenvalue weighted by molar-refractivity contribution is 6.07. The normalized spacial score (nSPS) is 19.5. The van der Waals surface area contributed by atoms with E-state index in [4.69, 9.17) is 4.74 Å². The van der Waals surface area contributed by atoms with E-state index >= 15 is 0 Å².